The molecule has 170 valence electrons. The number of thioether (sulfide) groups is 1. The van der Waals surface area contributed by atoms with Gasteiger partial charge in [-0.1, -0.05) is 37.7 Å². The number of nitrogens with one attached hydrogen (secondary N) is 1. The first-order valence-corrected chi connectivity index (χ1v) is 12.7. The van der Waals surface area contributed by atoms with Crippen LogP contribution in [0.15, 0.2) is 64.8 Å². The van der Waals surface area contributed by atoms with Crippen molar-refractivity contribution in [1.29, 1.82) is 0 Å². The van der Waals surface area contributed by atoms with E-state index in [0.717, 1.165) is 5.56 Å². The molecule has 32 heavy (non-hydrogen) atoms. The van der Waals surface area contributed by atoms with E-state index in [1.54, 1.807) is 54.8 Å². The highest BCUT2D eigenvalue weighted by atomic mass is 32.2. The molecule has 3 rings (SSSR count). The molecule has 1 amide bonds. The van der Waals surface area contributed by atoms with Gasteiger partial charge in [0.25, 0.3) is 5.91 Å². The molecule has 0 radical (unpaired) electrons. The third-order valence-corrected chi connectivity index (χ3v) is 7.67. The summed E-state index contributed by atoms with van der Waals surface area (Å²) in [6.07, 6.45) is 3.32. The number of nitrogens with zero attached hydrogens (tertiary/aromatic N) is 3. The number of amides is 1. The van der Waals surface area contributed by atoms with Crippen molar-refractivity contribution in [2.45, 2.75) is 30.4 Å². The lowest BCUT2D eigenvalue weighted by Gasteiger charge is -2.18. The molecule has 0 unspecified atom stereocenters. The van der Waals surface area contributed by atoms with Crippen LogP contribution in [0.4, 0.5) is 4.39 Å². The van der Waals surface area contributed by atoms with E-state index in [1.807, 2.05) is 6.26 Å². The molecule has 1 N–H and O–H groups in total. The van der Waals surface area contributed by atoms with Gasteiger partial charge >= 0.3 is 0 Å². The molecule has 0 aliphatic rings. The van der Waals surface area contributed by atoms with Crippen LogP contribution in [-0.4, -0.2) is 47.5 Å². The number of rotatable bonds is 9. The van der Waals surface area contributed by atoms with Gasteiger partial charge in [-0.05, 0) is 48.2 Å². The number of imidazole rings is 1. The van der Waals surface area contributed by atoms with Crippen molar-refractivity contribution < 1.29 is 17.6 Å². The summed E-state index contributed by atoms with van der Waals surface area (Å²) in [6, 6.07) is 12.3. The van der Waals surface area contributed by atoms with Crippen molar-refractivity contribution in [2.24, 2.45) is 0 Å². The van der Waals surface area contributed by atoms with E-state index in [1.165, 1.54) is 34.4 Å². The fourth-order valence-corrected chi connectivity index (χ4v) is 5.25. The van der Waals surface area contributed by atoms with Gasteiger partial charge in [0, 0.05) is 25.3 Å². The minimum absolute atomic E-state index is 0.216. The summed E-state index contributed by atoms with van der Waals surface area (Å²) in [5.41, 5.74) is 1.71. The lowest BCUT2D eigenvalue weighted by atomic mass is 10.2. The fraction of sp³-hybridized carbons (Fsp3) is 0.273. The highest BCUT2D eigenvalue weighted by Gasteiger charge is 2.21. The molecule has 1 aromatic heterocycles. The van der Waals surface area contributed by atoms with Crippen LogP contribution in [0.25, 0.3) is 5.69 Å². The van der Waals surface area contributed by atoms with Gasteiger partial charge in [0.15, 0.2) is 5.16 Å². The van der Waals surface area contributed by atoms with Crippen LogP contribution in [-0.2, 0) is 16.6 Å². The molecule has 0 aliphatic heterocycles. The van der Waals surface area contributed by atoms with Crippen LogP contribution in [0.1, 0.15) is 29.9 Å². The summed E-state index contributed by atoms with van der Waals surface area (Å²) < 4.78 is 41.6. The van der Waals surface area contributed by atoms with E-state index >= 15 is 0 Å². The first-order chi connectivity index (χ1) is 15.3. The highest BCUT2D eigenvalue weighted by Crippen LogP contribution is 2.22. The predicted molar refractivity (Wildman–Crippen MR) is 123 cm³/mol. The van der Waals surface area contributed by atoms with Crippen LogP contribution in [0.3, 0.4) is 0 Å². The first kappa shape index (κ1) is 24.0. The lowest BCUT2D eigenvalue weighted by molar-refractivity contribution is 0.0943. The second-order valence-corrected chi connectivity index (χ2v) is 9.57. The molecule has 0 saturated heterocycles. The topological polar surface area (TPSA) is 84.3 Å². The normalized spacial score (nSPS) is 11.7. The first-order valence-electron chi connectivity index (χ1n) is 10.1. The molecule has 3 aromatic rings. The Morgan fingerprint density at radius 1 is 1.09 bits per heavy atom. The van der Waals surface area contributed by atoms with E-state index in [2.05, 4.69) is 10.3 Å². The molecule has 0 saturated carbocycles. The summed E-state index contributed by atoms with van der Waals surface area (Å²) in [5, 5.41) is 3.44. The molecular weight excluding hydrogens is 451 g/mol. The maximum absolute atomic E-state index is 13.3. The Labute approximate surface area is 191 Å². The molecule has 7 nitrogen and oxygen atoms in total. The van der Waals surface area contributed by atoms with Gasteiger partial charge in [-0.15, -0.1) is 0 Å². The number of carbonyl (C=O) groups excluding carboxylic acids is 1. The number of sulfonamides is 1. The van der Waals surface area contributed by atoms with Crippen LogP contribution in [0.2, 0.25) is 0 Å². The number of halogens is 1. The number of hydrogen-bond acceptors (Lipinski definition) is 5. The zero-order valence-electron chi connectivity index (χ0n) is 18.1. The maximum atomic E-state index is 13.3. The van der Waals surface area contributed by atoms with Crippen molar-refractivity contribution >= 4 is 27.7 Å². The van der Waals surface area contributed by atoms with E-state index in [-0.39, 0.29) is 23.2 Å². The minimum atomic E-state index is -3.53. The van der Waals surface area contributed by atoms with Gasteiger partial charge in [0.05, 0.1) is 11.1 Å². The molecule has 0 atom stereocenters. The zero-order valence-corrected chi connectivity index (χ0v) is 19.7. The monoisotopic (exact) mass is 476 g/mol. The van der Waals surface area contributed by atoms with Gasteiger partial charge in [-0.3, -0.25) is 9.36 Å². The Bertz CT molecular complexity index is 1170. The van der Waals surface area contributed by atoms with Gasteiger partial charge in [0.2, 0.25) is 10.0 Å². The second-order valence-electron chi connectivity index (χ2n) is 6.86. The van der Waals surface area contributed by atoms with E-state index < -0.39 is 10.0 Å². The molecule has 0 bridgehead atoms. The molecular formula is C22H25FN4O3S2. The SMILES string of the molecule is CCN(CC)S(=O)(=O)c1ccc(CNC(=O)c2cnc(SC)n2-c2ccc(F)cc2)cc1. The van der Waals surface area contributed by atoms with Gasteiger partial charge in [-0.2, -0.15) is 4.31 Å². The number of aromatic nitrogens is 2. The molecule has 0 fully saturated rings. The zero-order chi connectivity index (χ0) is 23.3. The van der Waals surface area contributed by atoms with Crippen LogP contribution >= 0.6 is 11.8 Å². The molecule has 2 aromatic carbocycles. The summed E-state index contributed by atoms with van der Waals surface area (Å²) in [7, 11) is -3.53. The standard InChI is InChI=1S/C22H25FN4O3S2/c1-4-26(5-2)32(29,30)19-12-6-16(7-13-19)14-24-21(28)20-15-25-22(31-3)27(20)18-10-8-17(23)9-11-18/h6-13,15H,4-5,14H2,1-3H3,(H,24,28). The largest absolute Gasteiger partial charge is 0.347 e. The number of carbonyl (C=O) groups is 1. The smallest absolute Gasteiger partial charge is 0.270 e. The van der Waals surface area contributed by atoms with Crippen molar-refractivity contribution in [3.8, 4) is 5.69 Å². The van der Waals surface area contributed by atoms with Crippen molar-refractivity contribution in [2.75, 3.05) is 19.3 Å². The van der Waals surface area contributed by atoms with E-state index in [0.29, 0.717) is 29.6 Å². The summed E-state index contributed by atoms with van der Waals surface area (Å²) in [6.45, 7) is 4.61. The Morgan fingerprint density at radius 2 is 1.72 bits per heavy atom. The quantitative estimate of drug-likeness (QED) is 0.476. The second kappa shape index (κ2) is 10.3. The van der Waals surface area contributed by atoms with Gasteiger partial charge < -0.3 is 5.32 Å². The van der Waals surface area contributed by atoms with Crippen molar-refractivity contribution in [3.05, 3.63) is 71.8 Å². The van der Waals surface area contributed by atoms with Crippen LogP contribution in [0.5, 0.6) is 0 Å². The molecule has 0 spiro atoms. The molecule has 0 aliphatic carbocycles. The number of benzene rings is 2. The van der Waals surface area contributed by atoms with Gasteiger partial charge in [-0.25, -0.2) is 17.8 Å². The Balaban J connectivity index is 1.76. The Kier molecular flexibility index (Phi) is 7.70. The van der Waals surface area contributed by atoms with Crippen LogP contribution in [0, 0.1) is 5.82 Å². The number of hydrogen-bond donors (Lipinski definition) is 1. The Hall–Kier alpha value is -2.69. The fourth-order valence-electron chi connectivity index (χ4n) is 3.24. The summed E-state index contributed by atoms with van der Waals surface area (Å²) in [4.78, 5) is 17.3. The molecule has 1 heterocycles. The predicted octanol–water partition coefficient (Wildman–Crippen LogP) is 3.69. The average Bonchev–Trinajstić information content (AvgIpc) is 3.23. The van der Waals surface area contributed by atoms with Crippen molar-refractivity contribution in [3.63, 3.8) is 0 Å². The third-order valence-electron chi connectivity index (χ3n) is 4.95. The molecule has 10 heteroatoms. The van der Waals surface area contributed by atoms with E-state index in [4.69, 9.17) is 0 Å². The van der Waals surface area contributed by atoms with E-state index in [9.17, 15) is 17.6 Å². The Morgan fingerprint density at radius 3 is 2.28 bits per heavy atom. The van der Waals surface area contributed by atoms with Gasteiger partial charge in [0.1, 0.15) is 11.5 Å². The average molecular weight is 477 g/mol. The third kappa shape index (κ3) is 5.03. The van der Waals surface area contributed by atoms with Crippen LogP contribution < -0.4 is 5.32 Å². The highest BCUT2D eigenvalue weighted by molar-refractivity contribution is 7.98. The summed E-state index contributed by atoms with van der Waals surface area (Å²) in [5.74, 6) is -0.709. The minimum Gasteiger partial charge on any atom is -0.347 e. The lowest BCUT2D eigenvalue weighted by Crippen LogP contribution is -2.30. The summed E-state index contributed by atoms with van der Waals surface area (Å²) >= 11 is 1.37. The van der Waals surface area contributed by atoms with Crippen molar-refractivity contribution in [1.82, 2.24) is 19.2 Å². The maximum Gasteiger partial charge on any atom is 0.270 e.